The number of hydrogen-bond acceptors (Lipinski definition) is 6. The second-order valence-electron chi connectivity index (χ2n) is 2.65. The molecule has 0 bridgehead atoms. The van der Waals surface area contributed by atoms with Gasteiger partial charge in [-0.1, -0.05) is 0 Å². The predicted octanol–water partition coefficient (Wildman–Crippen LogP) is -6.72. The first-order chi connectivity index (χ1) is 8.84. The van der Waals surface area contributed by atoms with E-state index in [2.05, 4.69) is 0 Å². The van der Waals surface area contributed by atoms with Crippen LogP contribution in [0.3, 0.4) is 0 Å². The van der Waals surface area contributed by atoms with E-state index in [1.807, 2.05) is 0 Å². The first-order valence-electron chi connectivity index (χ1n) is 5.03. The molecule has 0 saturated carbocycles. The molecule has 0 saturated heterocycles. The Bertz CT molecular complexity index is 199. The maximum absolute atomic E-state index is 9.00. The Morgan fingerprint density at radius 2 is 0.636 bits per heavy atom. The molecule has 0 aliphatic heterocycles. The molecule has 0 spiro atoms. The molecule has 12 heteroatoms. The molecule has 122 valence electrons. The van der Waals surface area contributed by atoms with Crippen LogP contribution in [-0.4, -0.2) is 57.4 Å². The second-order valence-corrected chi connectivity index (χ2v) is 2.65. The number of aliphatic carboxylic acids is 4. The molecule has 0 aromatic rings. The summed E-state index contributed by atoms with van der Waals surface area (Å²) in [5.74, 6) is -3.33. The SMILES string of the molecule is CC(=O)O.CC(=O)O.CC(=O)O.CC(=O)O.NCCN.[K+].[K+]. The third kappa shape index (κ3) is 1980. The van der Waals surface area contributed by atoms with Crippen LogP contribution in [-0.2, 0) is 19.2 Å². The van der Waals surface area contributed by atoms with E-state index >= 15 is 0 Å². The summed E-state index contributed by atoms with van der Waals surface area (Å²) in [6, 6.07) is 0. The van der Waals surface area contributed by atoms with E-state index < -0.39 is 23.9 Å². The average molecular weight is 379 g/mol. The Balaban J connectivity index is -0.0000000250. The van der Waals surface area contributed by atoms with Gasteiger partial charge in [-0.05, 0) is 0 Å². The maximum Gasteiger partial charge on any atom is 1.00 e. The zero-order chi connectivity index (χ0) is 17.7. The molecule has 0 radical (unpaired) electrons. The van der Waals surface area contributed by atoms with Gasteiger partial charge in [0, 0.05) is 40.8 Å². The molecule has 22 heavy (non-hydrogen) atoms. The van der Waals surface area contributed by atoms with Crippen molar-refractivity contribution in [1.29, 1.82) is 0 Å². The van der Waals surface area contributed by atoms with Gasteiger partial charge in [0.2, 0.25) is 0 Å². The summed E-state index contributed by atoms with van der Waals surface area (Å²) in [4.78, 5) is 36.0. The number of hydrogen-bond donors (Lipinski definition) is 6. The van der Waals surface area contributed by atoms with Crippen molar-refractivity contribution < 1.29 is 142 Å². The molecule has 0 atom stereocenters. The van der Waals surface area contributed by atoms with Crippen LogP contribution < -0.4 is 114 Å². The molecule has 0 heterocycles. The molecular formula is C10H24K2N2O8+2. The smallest absolute Gasteiger partial charge is 0.481 e. The number of carbonyl (C=O) groups is 4. The van der Waals surface area contributed by atoms with Gasteiger partial charge in [-0.15, -0.1) is 0 Å². The van der Waals surface area contributed by atoms with E-state index in [4.69, 9.17) is 51.1 Å². The molecule has 0 aliphatic carbocycles. The van der Waals surface area contributed by atoms with Crippen LogP contribution in [0.1, 0.15) is 27.7 Å². The Kier molecular flexibility index (Phi) is 85.3. The third-order valence-corrected chi connectivity index (χ3v) is 0.167. The van der Waals surface area contributed by atoms with Crippen molar-refractivity contribution in [1.82, 2.24) is 0 Å². The minimum Gasteiger partial charge on any atom is -0.481 e. The molecule has 0 rings (SSSR count). The third-order valence-electron chi connectivity index (χ3n) is 0.167. The van der Waals surface area contributed by atoms with Gasteiger partial charge in [0.05, 0.1) is 0 Å². The predicted molar refractivity (Wildman–Crippen MR) is 71.3 cm³/mol. The quantitative estimate of drug-likeness (QED) is 0.238. The van der Waals surface area contributed by atoms with Crippen LogP contribution in [0.25, 0.3) is 0 Å². The maximum atomic E-state index is 9.00. The molecule has 0 aromatic heterocycles. The first-order valence-corrected chi connectivity index (χ1v) is 5.03. The first kappa shape index (κ1) is 43.5. The van der Waals surface area contributed by atoms with Crippen molar-refractivity contribution in [2.24, 2.45) is 11.5 Å². The zero-order valence-corrected chi connectivity index (χ0v) is 20.2. The summed E-state index contributed by atoms with van der Waals surface area (Å²) >= 11 is 0. The largest absolute Gasteiger partial charge is 1.00 e. The fraction of sp³-hybridized carbons (Fsp3) is 0.600. The van der Waals surface area contributed by atoms with Gasteiger partial charge in [-0.3, -0.25) is 19.2 Å². The van der Waals surface area contributed by atoms with Crippen molar-refractivity contribution in [2.75, 3.05) is 13.1 Å². The molecule has 0 unspecified atom stereocenters. The molecule has 8 N–H and O–H groups in total. The van der Waals surface area contributed by atoms with Crippen molar-refractivity contribution >= 4 is 23.9 Å². The number of nitrogens with two attached hydrogens (primary N) is 2. The van der Waals surface area contributed by atoms with Crippen LogP contribution in [0, 0.1) is 0 Å². The van der Waals surface area contributed by atoms with Crippen LogP contribution in [0.5, 0.6) is 0 Å². The fourth-order valence-electron chi connectivity index (χ4n) is 0. The van der Waals surface area contributed by atoms with E-state index in [1.165, 1.54) is 0 Å². The summed E-state index contributed by atoms with van der Waals surface area (Å²) in [5.41, 5.74) is 9.81. The number of carboxylic acid groups (broad SMARTS) is 4. The summed E-state index contributed by atoms with van der Waals surface area (Å²) in [5, 5.41) is 29.7. The van der Waals surface area contributed by atoms with Crippen molar-refractivity contribution in [2.45, 2.75) is 27.7 Å². The van der Waals surface area contributed by atoms with Gasteiger partial charge in [-0.25, -0.2) is 0 Å². The van der Waals surface area contributed by atoms with Crippen LogP contribution in [0.4, 0.5) is 0 Å². The van der Waals surface area contributed by atoms with Gasteiger partial charge in [0.25, 0.3) is 23.9 Å². The molecular weight excluding hydrogens is 354 g/mol. The van der Waals surface area contributed by atoms with Crippen molar-refractivity contribution in [3.05, 3.63) is 0 Å². The van der Waals surface area contributed by atoms with Gasteiger partial charge < -0.3 is 31.9 Å². The fourth-order valence-corrected chi connectivity index (χ4v) is 0. The van der Waals surface area contributed by atoms with Gasteiger partial charge in [0.1, 0.15) is 0 Å². The van der Waals surface area contributed by atoms with Crippen LogP contribution in [0.2, 0.25) is 0 Å². The second kappa shape index (κ2) is 43.1. The van der Waals surface area contributed by atoms with E-state index in [9.17, 15) is 0 Å². The van der Waals surface area contributed by atoms with Gasteiger partial charge in [0.15, 0.2) is 0 Å². The molecule has 0 aliphatic rings. The Labute approximate surface area is 214 Å². The van der Waals surface area contributed by atoms with E-state index in [1.54, 1.807) is 0 Å². The van der Waals surface area contributed by atoms with Crippen LogP contribution >= 0.6 is 0 Å². The van der Waals surface area contributed by atoms with Crippen molar-refractivity contribution in [3.8, 4) is 0 Å². The monoisotopic (exact) mass is 378 g/mol. The summed E-state index contributed by atoms with van der Waals surface area (Å²) in [6.45, 7) is 5.53. The Hall–Kier alpha value is 1.07. The molecule has 0 fully saturated rings. The van der Waals surface area contributed by atoms with Crippen molar-refractivity contribution in [3.63, 3.8) is 0 Å². The van der Waals surface area contributed by atoms with E-state index in [0.717, 1.165) is 27.7 Å². The van der Waals surface area contributed by atoms with E-state index in [-0.39, 0.29) is 103 Å². The summed E-state index contributed by atoms with van der Waals surface area (Å²) in [6.07, 6.45) is 0. The topological polar surface area (TPSA) is 201 Å². The number of rotatable bonds is 1. The molecule has 0 amide bonds. The number of carboxylic acids is 4. The minimum absolute atomic E-state index is 0. The van der Waals surface area contributed by atoms with Gasteiger partial charge in [-0.2, -0.15) is 0 Å². The van der Waals surface area contributed by atoms with Gasteiger partial charge >= 0.3 is 103 Å². The Morgan fingerprint density at radius 1 is 0.591 bits per heavy atom. The average Bonchev–Trinajstić information content (AvgIpc) is 2.13. The van der Waals surface area contributed by atoms with Crippen LogP contribution in [0.15, 0.2) is 0 Å². The zero-order valence-electron chi connectivity index (χ0n) is 14.0. The summed E-state index contributed by atoms with van der Waals surface area (Å²) < 4.78 is 0. The Morgan fingerprint density at radius 3 is 0.636 bits per heavy atom. The van der Waals surface area contributed by atoms with E-state index in [0.29, 0.717) is 13.1 Å². The minimum atomic E-state index is -0.833. The summed E-state index contributed by atoms with van der Waals surface area (Å²) in [7, 11) is 0. The normalized spacial score (nSPS) is 5.91. The standard InChI is InChI=1S/C2H8N2.4C2H4O2.2K/c3-1-2-4;4*1-2(3)4;;/h1-4H2;4*1H3,(H,3,4);;/q;;;;;2*+1. The molecule has 10 nitrogen and oxygen atoms in total. The molecule has 0 aromatic carbocycles.